The fourth-order valence-electron chi connectivity index (χ4n) is 3.01. The lowest BCUT2D eigenvalue weighted by molar-refractivity contribution is 0.0962. The van der Waals surface area contributed by atoms with Crippen molar-refractivity contribution in [1.82, 2.24) is 0 Å². The molecular formula is C22H13Br2FO2. The molecule has 0 fully saturated rings. The van der Waals surface area contributed by atoms with Crippen LogP contribution in [0.1, 0.15) is 27.6 Å². The highest BCUT2D eigenvalue weighted by Gasteiger charge is 2.33. The molecule has 4 rings (SSSR count). The second-order valence-electron chi connectivity index (χ2n) is 6.17. The summed E-state index contributed by atoms with van der Waals surface area (Å²) in [6.07, 6.45) is 1.24. The number of benzene rings is 3. The van der Waals surface area contributed by atoms with Crippen LogP contribution in [-0.2, 0) is 0 Å². The van der Waals surface area contributed by atoms with Crippen molar-refractivity contribution in [2.24, 2.45) is 0 Å². The van der Waals surface area contributed by atoms with Crippen LogP contribution in [0.4, 0.5) is 4.39 Å². The van der Waals surface area contributed by atoms with Gasteiger partial charge in [0.25, 0.3) is 0 Å². The molecule has 0 N–H and O–H groups in total. The van der Waals surface area contributed by atoms with Crippen LogP contribution in [0.2, 0.25) is 0 Å². The van der Waals surface area contributed by atoms with E-state index in [9.17, 15) is 9.18 Å². The predicted octanol–water partition coefficient (Wildman–Crippen LogP) is 6.75. The van der Waals surface area contributed by atoms with Crippen molar-refractivity contribution in [2.45, 2.75) is 6.10 Å². The number of halogens is 3. The second-order valence-corrected chi connectivity index (χ2v) is 8.00. The standard InChI is InChI=1S/C22H13Br2FO2/c23-15-5-1-13(2-6-15)11-19-21(26)18-12-17(25)9-10-20(18)27-22(19)14-3-7-16(24)8-4-14/h1-12,22H/b19-11-. The minimum absolute atomic E-state index is 0.230. The third-order valence-corrected chi connectivity index (χ3v) is 5.40. The number of Topliss-reactive ketones (excluding diaryl/α,β-unsaturated/α-hetero) is 1. The Kier molecular flexibility index (Phi) is 4.98. The van der Waals surface area contributed by atoms with E-state index in [1.54, 1.807) is 6.08 Å². The van der Waals surface area contributed by atoms with E-state index in [0.717, 1.165) is 20.1 Å². The Labute approximate surface area is 172 Å². The molecule has 3 aromatic rings. The minimum atomic E-state index is -0.563. The zero-order valence-electron chi connectivity index (χ0n) is 14.0. The monoisotopic (exact) mass is 486 g/mol. The second kappa shape index (κ2) is 7.41. The van der Waals surface area contributed by atoms with E-state index in [4.69, 9.17) is 4.74 Å². The highest BCUT2D eigenvalue weighted by molar-refractivity contribution is 9.10. The van der Waals surface area contributed by atoms with E-state index in [1.807, 2.05) is 48.5 Å². The number of carbonyl (C=O) groups is 1. The van der Waals surface area contributed by atoms with Crippen molar-refractivity contribution in [1.29, 1.82) is 0 Å². The molecule has 3 aromatic carbocycles. The van der Waals surface area contributed by atoms with Gasteiger partial charge in [-0.15, -0.1) is 0 Å². The summed E-state index contributed by atoms with van der Waals surface area (Å²) in [5, 5.41) is 0. The van der Waals surface area contributed by atoms with Gasteiger partial charge in [0, 0.05) is 14.5 Å². The van der Waals surface area contributed by atoms with Crippen molar-refractivity contribution in [2.75, 3.05) is 0 Å². The van der Waals surface area contributed by atoms with Gasteiger partial charge < -0.3 is 4.74 Å². The first-order valence-corrected chi connectivity index (χ1v) is 9.83. The first-order valence-electron chi connectivity index (χ1n) is 8.25. The molecule has 0 spiro atoms. The van der Waals surface area contributed by atoms with Gasteiger partial charge >= 0.3 is 0 Å². The van der Waals surface area contributed by atoms with E-state index in [-0.39, 0.29) is 11.3 Å². The average Bonchev–Trinajstić information content (AvgIpc) is 2.67. The summed E-state index contributed by atoms with van der Waals surface area (Å²) in [5.74, 6) is -0.301. The first-order chi connectivity index (χ1) is 13.0. The molecule has 0 aromatic heterocycles. The Morgan fingerprint density at radius 2 is 1.52 bits per heavy atom. The maximum absolute atomic E-state index is 13.7. The molecule has 1 heterocycles. The van der Waals surface area contributed by atoms with Crippen LogP contribution in [-0.4, -0.2) is 5.78 Å². The van der Waals surface area contributed by atoms with Crippen molar-refractivity contribution < 1.29 is 13.9 Å². The Balaban J connectivity index is 1.85. The molecule has 1 unspecified atom stereocenters. The predicted molar refractivity (Wildman–Crippen MR) is 110 cm³/mol. The molecule has 1 atom stereocenters. The molecule has 27 heavy (non-hydrogen) atoms. The maximum Gasteiger partial charge on any atom is 0.196 e. The zero-order valence-corrected chi connectivity index (χ0v) is 17.1. The fourth-order valence-corrected chi connectivity index (χ4v) is 3.54. The number of rotatable bonds is 2. The van der Waals surface area contributed by atoms with Crippen LogP contribution < -0.4 is 4.74 Å². The zero-order chi connectivity index (χ0) is 19.0. The summed E-state index contributed by atoms with van der Waals surface area (Å²) in [6, 6.07) is 19.3. The van der Waals surface area contributed by atoms with Gasteiger partial charge in [-0.05, 0) is 59.7 Å². The topological polar surface area (TPSA) is 26.3 Å². The lowest BCUT2D eigenvalue weighted by atomic mass is 9.89. The van der Waals surface area contributed by atoms with E-state index < -0.39 is 11.9 Å². The molecule has 1 aliphatic heterocycles. The number of fused-ring (bicyclic) bond motifs is 1. The van der Waals surface area contributed by atoms with Crippen LogP contribution in [0.25, 0.3) is 6.08 Å². The highest BCUT2D eigenvalue weighted by atomic mass is 79.9. The number of hydrogen-bond donors (Lipinski definition) is 0. The number of ketones is 1. The molecule has 0 aliphatic carbocycles. The minimum Gasteiger partial charge on any atom is -0.480 e. The van der Waals surface area contributed by atoms with Crippen molar-refractivity contribution in [3.8, 4) is 5.75 Å². The van der Waals surface area contributed by atoms with Crippen molar-refractivity contribution in [3.63, 3.8) is 0 Å². The van der Waals surface area contributed by atoms with Gasteiger partial charge in [0.1, 0.15) is 11.6 Å². The normalized spacial score (nSPS) is 17.5. The van der Waals surface area contributed by atoms with Gasteiger partial charge in [-0.25, -0.2) is 4.39 Å². The van der Waals surface area contributed by atoms with E-state index in [1.165, 1.54) is 18.2 Å². The van der Waals surface area contributed by atoms with Crippen LogP contribution >= 0.6 is 31.9 Å². The molecule has 0 saturated heterocycles. The summed E-state index contributed by atoms with van der Waals surface area (Å²) >= 11 is 6.83. The maximum atomic E-state index is 13.7. The van der Waals surface area contributed by atoms with E-state index in [0.29, 0.717) is 11.3 Å². The smallest absolute Gasteiger partial charge is 0.196 e. The van der Waals surface area contributed by atoms with Gasteiger partial charge in [-0.1, -0.05) is 56.1 Å². The Hall–Kier alpha value is -2.24. The molecule has 5 heteroatoms. The lowest BCUT2D eigenvalue weighted by Gasteiger charge is -2.28. The van der Waals surface area contributed by atoms with Crippen LogP contribution in [0, 0.1) is 5.82 Å². The quantitative estimate of drug-likeness (QED) is 0.373. The molecule has 2 nitrogen and oxygen atoms in total. The number of hydrogen-bond acceptors (Lipinski definition) is 2. The fraction of sp³-hybridized carbons (Fsp3) is 0.0455. The molecule has 0 amide bonds. The number of carbonyl (C=O) groups excluding carboxylic acids is 1. The first kappa shape index (κ1) is 18.1. The van der Waals surface area contributed by atoms with Crippen molar-refractivity contribution in [3.05, 3.63) is 104 Å². The van der Waals surface area contributed by atoms with E-state index in [2.05, 4.69) is 31.9 Å². The van der Waals surface area contributed by atoms with Crippen LogP contribution in [0.15, 0.2) is 81.2 Å². The third kappa shape index (κ3) is 3.75. The summed E-state index contributed by atoms with van der Waals surface area (Å²) in [7, 11) is 0. The van der Waals surface area contributed by atoms with Gasteiger partial charge in [0.05, 0.1) is 5.56 Å². The average molecular weight is 488 g/mol. The SMILES string of the molecule is O=C1/C(=C/c2ccc(Br)cc2)C(c2ccc(Br)cc2)Oc2ccc(F)cc21. The summed E-state index contributed by atoms with van der Waals surface area (Å²) < 4.78 is 21.7. The van der Waals surface area contributed by atoms with Crippen molar-refractivity contribution >= 4 is 43.7 Å². The van der Waals surface area contributed by atoms with Gasteiger partial charge in [-0.3, -0.25) is 4.79 Å². The molecule has 134 valence electrons. The van der Waals surface area contributed by atoms with Crippen LogP contribution in [0.3, 0.4) is 0 Å². The Morgan fingerprint density at radius 1 is 0.889 bits per heavy atom. The van der Waals surface area contributed by atoms with E-state index >= 15 is 0 Å². The molecule has 0 saturated carbocycles. The largest absolute Gasteiger partial charge is 0.480 e. The molecule has 0 radical (unpaired) electrons. The number of ether oxygens (including phenoxy) is 1. The molecule has 1 aliphatic rings. The third-order valence-electron chi connectivity index (χ3n) is 4.34. The van der Waals surface area contributed by atoms with Gasteiger partial charge in [0.15, 0.2) is 11.9 Å². The summed E-state index contributed by atoms with van der Waals surface area (Å²) in [6.45, 7) is 0. The molecule has 0 bridgehead atoms. The van der Waals surface area contributed by atoms with Crippen LogP contribution in [0.5, 0.6) is 5.75 Å². The summed E-state index contributed by atoms with van der Waals surface area (Å²) in [5.41, 5.74) is 2.43. The lowest BCUT2D eigenvalue weighted by Crippen LogP contribution is -2.24. The van der Waals surface area contributed by atoms with Gasteiger partial charge in [-0.2, -0.15) is 0 Å². The Bertz CT molecular complexity index is 1040. The highest BCUT2D eigenvalue weighted by Crippen LogP contribution is 2.39. The molecular weight excluding hydrogens is 475 g/mol. The Morgan fingerprint density at radius 3 is 2.19 bits per heavy atom. The summed E-state index contributed by atoms with van der Waals surface area (Å²) in [4.78, 5) is 13.2. The van der Waals surface area contributed by atoms with Gasteiger partial charge in [0.2, 0.25) is 0 Å².